The first-order chi connectivity index (χ1) is 6.88. The Morgan fingerprint density at radius 3 is 3.14 bits per heavy atom. The van der Waals surface area contributed by atoms with Crippen molar-refractivity contribution in [3.8, 4) is 0 Å². The molecule has 0 bridgehead atoms. The lowest BCUT2D eigenvalue weighted by molar-refractivity contribution is 0.298. The van der Waals surface area contributed by atoms with Crippen molar-refractivity contribution >= 4 is 0 Å². The lowest BCUT2D eigenvalue weighted by Gasteiger charge is -2.21. The second-order valence-corrected chi connectivity index (χ2v) is 4.22. The summed E-state index contributed by atoms with van der Waals surface area (Å²) in [5.41, 5.74) is 2.91. The lowest BCUT2D eigenvalue weighted by Crippen LogP contribution is -2.12. The van der Waals surface area contributed by atoms with Crippen LogP contribution in [0.25, 0.3) is 0 Å². The molecule has 1 aliphatic heterocycles. The summed E-state index contributed by atoms with van der Waals surface area (Å²) in [5.74, 6) is 2.50. The highest BCUT2D eigenvalue weighted by atomic mass is 16.5. The van der Waals surface area contributed by atoms with E-state index in [4.69, 9.17) is 4.74 Å². The Labute approximate surface area is 84.3 Å². The number of nitrogens with one attached hydrogen (secondary N) is 1. The van der Waals surface area contributed by atoms with E-state index in [0.717, 1.165) is 30.6 Å². The number of rotatable bonds is 1. The first kappa shape index (κ1) is 8.16. The Morgan fingerprint density at radius 1 is 1.36 bits per heavy atom. The molecule has 0 saturated carbocycles. The second-order valence-electron chi connectivity index (χ2n) is 4.22. The minimum Gasteiger partial charge on any atom is -0.497 e. The molecule has 0 spiro atoms. The minimum atomic E-state index is 0.721. The summed E-state index contributed by atoms with van der Waals surface area (Å²) >= 11 is 0. The van der Waals surface area contributed by atoms with Crippen LogP contribution in [0.2, 0.25) is 0 Å². The quantitative estimate of drug-likeness (QED) is 0.681. The van der Waals surface area contributed by atoms with E-state index in [1.807, 2.05) is 0 Å². The Morgan fingerprint density at radius 2 is 2.29 bits per heavy atom. The van der Waals surface area contributed by atoms with Crippen molar-refractivity contribution in [2.45, 2.75) is 12.8 Å². The third-order valence-corrected chi connectivity index (χ3v) is 3.54. The Hall–Kier alpha value is -1.18. The highest BCUT2D eigenvalue weighted by Gasteiger charge is 2.36. The van der Waals surface area contributed by atoms with Crippen LogP contribution in [0.1, 0.15) is 12.8 Å². The zero-order valence-corrected chi connectivity index (χ0v) is 8.42. The van der Waals surface area contributed by atoms with Gasteiger partial charge in [-0.05, 0) is 42.6 Å². The van der Waals surface area contributed by atoms with Crippen molar-refractivity contribution in [1.29, 1.82) is 0 Å². The fourth-order valence-corrected chi connectivity index (χ4v) is 2.81. The fourth-order valence-electron chi connectivity index (χ4n) is 2.81. The van der Waals surface area contributed by atoms with Crippen LogP contribution in [0.15, 0.2) is 35.3 Å². The molecule has 2 nitrogen and oxygen atoms in total. The van der Waals surface area contributed by atoms with E-state index in [0.29, 0.717) is 0 Å². The average molecular weight is 189 g/mol. The molecule has 1 N–H and O–H groups in total. The van der Waals surface area contributed by atoms with E-state index in [1.54, 1.807) is 7.11 Å². The summed E-state index contributed by atoms with van der Waals surface area (Å²) in [6.07, 6.45) is 9.14. The van der Waals surface area contributed by atoms with Gasteiger partial charge in [0, 0.05) is 18.2 Å². The zero-order valence-electron chi connectivity index (χ0n) is 8.42. The van der Waals surface area contributed by atoms with E-state index in [9.17, 15) is 0 Å². The highest BCUT2D eigenvalue weighted by Crippen LogP contribution is 2.44. The predicted molar refractivity (Wildman–Crippen MR) is 55.5 cm³/mol. The number of methoxy groups -OCH3 is 1. The molecular weight excluding hydrogens is 174 g/mol. The van der Waals surface area contributed by atoms with Gasteiger partial charge in [0.25, 0.3) is 0 Å². The maximum atomic E-state index is 5.26. The molecule has 1 fully saturated rings. The number of hydrogen-bond donors (Lipinski definition) is 1. The van der Waals surface area contributed by atoms with Crippen molar-refractivity contribution in [1.82, 2.24) is 5.32 Å². The van der Waals surface area contributed by atoms with Crippen molar-refractivity contribution in [3.63, 3.8) is 0 Å². The summed E-state index contributed by atoms with van der Waals surface area (Å²) in [6, 6.07) is 0. The molecule has 14 heavy (non-hydrogen) atoms. The maximum Gasteiger partial charge on any atom is 0.115 e. The normalized spacial score (nSPS) is 33.6. The number of ether oxygens (including phenoxy) is 1. The Bertz CT molecular complexity index is 351. The predicted octanol–water partition coefficient (Wildman–Crippen LogP) is 1.97. The molecule has 0 aromatic carbocycles. The third kappa shape index (κ3) is 1.03. The standard InChI is InChI=1S/C12H15NO/c1-14-9-2-3-10-8(6-9)7-12-11(10)4-5-13-12/h2,6-7,10-11,13H,3-5H2,1H3. The SMILES string of the molecule is COC1=CCC2C(=C1)C=C1NCCC12. The molecule has 3 aliphatic rings. The van der Waals surface area contributed by atoms with Crippen LogP contribution in [0.3, 0.4) is 0 Å². The van der Waals surface area contributed by atoms with Crippen molar-refractivity contribution in [2.75, 3.05) is 13.7 Å². The Kier molecular flexibility index (Phi) is 1.69. The van der Waals surface area contributed by atoms with E-state index in [2.05, 4.69) is 23.5 Å². The topological polar surface area (TPSA) is 21.3 Å². The van der Waals surface area contributed by atoms with Crippen LogP contribution >= 0.6 is 0 Å². The van der Waals surface area contributed by atoms with E-state index in [-0.39, 0.29) is 0 Å². The summed E-state index contributed by atoms with van der Waals surface area (Å²) < 4.78 is 5.26. The molecule has 0 aromatic heterocycles. The highest BCUT2D eigenvalue weighted by molar-refractivity contribution is 5.43. The summed E-state index contributed by atoms with van der Waals surface area (Å²) in [7, 11) is 1.74. The molecule has 74 valence electrons. The van der Waals surface area contributed by atoms with E-state index >= 15 is 0 Å². The summed E-state index contributed by atoms with van der Waals surface area (Å²) in [6.45, 7) is 1.15. The summed E-state index contributed by atoms with van der Waals surface area (Å²) in [4.78, 5) is 0. The van der Waals surface area contributed by atoms with Crippen molar-refractivity contribution in [3.05, 3.63) is 35.3 Å². The van der Waals surface area contributed by atoms with Crippen LogP contribution < -0.4 is 5.32 Å². The van der Waals surface area contributed by atoms with Crippen LogP contribution in [0.4, 0.5) is 0 Å². The zero-order chi connectivity index (χ0) is 9.54. The van der Waals surface area contributed by atoms with Crippen LogP contribution in [0.5, 0.6) is 0 Å². The van der Waals surface area contributed by atoms with Crippen molar-refractivity contribution < 1.29 is 4.74 Å². The average Bonchev–Trinajstić information content (AvgIpc) is 2.75. The van der Waals surface area contributed by atoms with Crippen LogP contribution in [-0.4, -0.2) is 13.7 Å². The summed E-state index contributed by atoms with van der Waals surface area (Å²) in [5, 5.41) is 3.46. The molecule has 1 heterocycles. The molecule has 2 unspecified atom stereocenters. The molecule has 0 radical (unpaired) electrons. The number of allylic oxidation sites excluding steroid dienone is 5. The van der Waals surface area contributed by atoms with Gasteiger partial charge in [-0.2, -0.15) is 0 Å². The molecule has 2 aliphatic carbocycles. The van der Waals surface area contributed by atoms with Gasteiger partial charge in [0.1, 0.15) is 5.76 Å². The van der Waals surface area contributed by atoms with Gasteiger partial charge in [0.05, 0.1) is 7.11 Å². The smallest absolute Gasteiger partial charge is 0.115 e. The van der Waals surface area contributed by atoms with Gasteiger partial charge in [-0.3, -0.25) is 0 Å². The van der Waals surface area contributed by atoms with Crippen LogP contribution in [0, 0.1) is 11.8 Å². The minimum absolute atomic E-state index is 0.721. The molecule has 2 heteroatoms. The van der Waals surface area contributed by atoms with Gasteiger partial charge < -0.3 is 10.1 Å². The molecule has 0 amide bonds. The largest absolute Gasteiger partial charge is 0.497 e. The van der Waals surface area contributed by atoms with Gasteiger partial charge in [0.15, 0.2) is 0 Å². The van der Waals surface area contributed by atoms with Gasteiger partial charge in [-0.1, -0.05) is 0 Å². The van der Waals surface area contributed by atoms with E-state index in [1.165, 1.54) is 17.7 Å². The maximum absolute atomic E-state index is 5.26. The molecule has 0 aromatic rings. The van der Waals surface area contributed by atoms with Gasteiger partial charge in [-0.15, -0.1) is 0 Å². The first-order valence-corrected chi connectivity index (χ1v) is 5.29. The van der Waals surface area contributed by atoms with Crippen LogP contribution in [-0.2, 0) is 4.74 Å². The number of fused-ring (bicyclic) bond motifs is 3. The monoisotopic (exact) mass is 189 g/mol. The molecular formula is C12H15NO. The third-order valence-electron chi connectivity index (χ3n) is 3.54. The molecule has 3 rings (SSSR count). The van der Waals surface area contributed by atoms with Gasteiger partial charge >= 0.3 is 0 Å². The lowest BCUT2D eigenvalue weighted by atomic mass is 9.85. The number of hydrogen-bond acceptors (Lipinski definition) is 2. The second kappa shape index (κ2) is 2.91. The first-order valence-electron chi connectivity index (χ1n) is 5.29. The van der Waals surface area contributed by atoms with E-state index < -0.39 is 0 Å². The molecule has 1 saturated heterocycles. The van der Waals surface area contributed by atoms with Gasteiger partial charge in [0.2, 0.25) is 0 Å². The molecule has 2 atom stereocenters. The van der Waals surface area contributed by atoms with Gasteiger partial charge in [-0.25, -0.2) is 0 Å². The Balaban J connectivity index is 1.93. The fraction of sp³-hybridized carbons (Fsp3) is 0.500. The van der Waals surface area contributed by atoms with Crippen molar-refractivity contribution in [2.24, 2.45) is 11.8 Å².